The van der Waals surface area contributed by atoms with Gasteiger partial charge in [0.25, 0.3) is 6.08 Å². The summed E-state index contributed by atoms with van der Waals surface area (Å²) in [4.78, 5) is 4.35. The molecule has 7 heteroatoms. The Labute approximate surface area is 153 Å². The van der Waals surface area contributed by atoms with Crippen LogP contribution in [0.4, 0.5) is 13.2 Å². The van der Waals surface area contributed by atoms with Gasteiger partial charge in [-0.25, -0.2) is 13.9 Å². The topological polar surface area (TPSA) is 35.1 Å². The van der Waals surface area contributed by atoms with Crippen molar-refractivity contribution in [2.45, 2.75) is 13.5 Å². The maximum atomic E-state index is 13.9. The fourth-order valence-electron chi connectivity index (χ4n) is 3.01. The Bertz CT molecular complexity index is 1140. The Morgan fingerprint density at radius 2 is 1.89 bits per heavy atom. The molecule has 27 heavy (non-hydrogen) atoms. The summed E-state index contributed by atoms with van der Waals surface area (Å²) in [6.45, 7) is 1.96. The molecular formula is C20H15F3N4. The Balaban J connectivity index is 1.85. The number of hydrogen-bond donors (Lipinski definition) is 0. The van der Waals surface area contributed by atoms with Crippen molar-refractivity contribution < 1.29 is 13.2 Å². The van der Waals surface area contributed by atoms with E-state index in [4.69, 9.17) is 0 Å². The zero-order valence-corrected chi connectivity index (χ0v) is 14.4. The average molecular weight is 368 g/mol. The molecule has 0 bridgehead atoms. The van der Waals surface area contributed by atoms with E-state index in [9.17, 15) is 13.2 Å². The summed E-state index contributed by atoms with van der Waals surface area (Å²) in [5.41, 5.74) is 3.56. The SMILES string of the molecule is Cc1nc2c(Cn3ccc(C=C(F)F)c3)c(-c3ccccc3)nn2cc1F. The summed E-state index contributed by atoms with van der Waals surface area (Å²) in [6.07, 6.45) is 3.69. The highest BCUT2D eigenvalue weighted by Crippen LogP contribution is 2.27. The van der Waals surface area contributed by atoms with Crippen molar-refractivity contribution in [2.75, 3.05) is 0 Å². The van der Waals surface area contributed by atoms with Crippen LogP contribution in [0.2, 0.25) is 0 Å². The quantitative estimate of drug-likeness (QED) is 0.512. The van der Waals surface area contributed by atoms with Crippen LogP contribution in [0.15, 0.2) is 61.1 Å². The summed E-state index contributed by atoms with van der Waals surface area (Å²) < 4.78 is 42.1. The number of halogens is 3. The largest absolute Gasteiger partial charge is 0.349 e. The van der Waals surface area contributed by atoms with Crippen molar-refractivity contribution in [3.63, 3.8) is 0 Å². The minimum Gasteiger partial charge on any atom is -0.349 e. The molecule has 1 aromatic carbocycles. The van der Waals surface area contributed by atoms with Gasteiger partial charge in [0, 0.05) is 29.6 Å². The van der Waals surface area contributed by atoms with Gasteiger partial charge in [-0.3, -0.25) is 0 Å². The number of rotatable bonds is 4. The fourth-order valence-corrected chi connectivity index (χ4v) is 3.01. The van der Waals surface area contributed by atoms with Crippen LogP contribution >= 0.6 is 0 Å². The number of hydrogen-bond acceptors (Lipinski definition) is 2. The lowest BCUT2D eigenvalue weighted by atomic mass is 10.1. The number of aromatic nitrogens is 4. The third-order valence-corrected chi connectivity index (χ3v) is 4.27. The first-order chi connectivity index (χ1) is 13.0. The van der Waals surface area contributed by atoms with Crippen molar-refractivity contribution >= 4 is 11.7 Å². The van der Waals surface area contributed by atoms with Gasteiger partial charge in [-0.1, -0.05) is 30.3 Å². The van der Waals surface area contributed by atoms with E-state index in [1.807, 2.05) is 30.3 Å². The highest BCUT2D eigenvalue weighted by molar-refractivity contribution is 5.70. The Hall–Kier alpha value is -3.35. The minimum absolute atomic E-state index is 0.277. The summed E-state index contributed by atoms with van der Waals surface area (Å²) in [5.74, 6) is -0.442. The standard InChI is InChI=1S/C20H15F3N4/c1-13-17(21)12-27-20(24-13)16(19(25-27)15-5-3-2-4-6-15)11-26-8-7-14(10-26)9-18(22)23/h2-10,12H,11H2,1H3. The lowest BCUT2D eigenvalue weighted by Crippen LogP contribution is -2.01. The highest BCUT2D eigenvalue weighted by Gasteiger charge is 2.17. The molecule has 0 saturated carbocycles. The van der Waals surface area contributed by atoms with Crippen molar-refractivity contribution in [1.29, 1.82) is 0 Å². The minimum atomic E-state index is -1.75. The van der Waals surface area contributed by atoms with Crippen molar-refractivity contribution in [3.05, 3.63) is 83.7 Å². The van der Waals surface area contributed by atoms with E-state index < -0.39 is 11.9 Å². The van der Waals surface area contributed by atoms with E-state index in [2.05, 4.69) is 10.1 Å². The van der Waals surface area contributed by atoms with E-state index in [0.717, 1.165) is 17.2 Å². The molecule has 0 atom stereocenters. The first-order valence-corrected chi connectivity index (χ1v) is 8.29. The molecule has 4 nitrogen and oxygen atoms in total. The van der Waals surface area contributed by atoms with Crippen LogP contribution in [0.5, 0.6) is 0 Å². The average Bonchev–Trinajstić information content (AvgIpc) is 3.21. The van der Waals surface area contributed by atoms with Gasteiger partial charge in [0.15, 0.2) is 11.5 Å². The van der Waals surface area contributed by atoms with Gasteiger partial charge in [-0.2, -0.15) is 13.9 Å². The van der Waals surface area contributed by atoms with E-state index in [1.54, 1.807) is 30.0 Å². The summed E-state index contributed by atoms with van der Waals surface area (Å²) >= 11 is 0. The molecule has 3 heterocycles. The molecule has 0 aliphatic carbocycles. The molecule has 136 valence electrons. The van der Waals surface area contributed by atoms with Crippen molar-refractivity contribution in [2.24, 2.45) is 0 Å². The van der Waals surface area contributed by atoms with Crippen LogP contribution in [-0.4, -0.2) is 19.2 Å². The third-order valence-electron chi connectivity index (χ3n) is 4.27. The Morgan fingerprint density at radius 1 is 1.11 bits per heavy atom. The molecule has 0 aliphatic rings. The first kappa shape index (κ1) is 17.1. The predicted octanol–water partition coefficient (Wildman–Crippen LogP) is 4.93. The molecule has 0 aliphatic heterocycles. The molecule has 3 aromatic heterocycles. The van der Waals surface area contributed by atoms with Crippen LogP contribution in [0, 0.1) is 12.7 Å². The molecule has 0 amide bonds. The van der Waals surface area contributed by atoms with E-state index >= 15 is 0 Å². The van der Waals surface area contributed by atoms with Crippen molar-refractivity contribution in [1.82, 2.24) is 19.2 Å². The van der Waals surface area contributed by atoms with Gasteiger partial charge in [-0.15, -0.1) is 0 Å². The summed E-state index contributed by atoms with van der Waals surface area (Å²) in [7, 11) is 0. The molecule has 0 radical (unpaired) electrons. The number of nitrogens with zero attached hydrogens (tertiary/aromatic N) is 4. The molecular weight excluding hydrogens is 353 g/mol. The van der Waals surface area contributed by atoms with E-state index in [0.29, 0.717) is 23.4 Å². The monoisotopic (exact) mass is 368 g/mol. The van der Waals surface area contributed by atoms with E-state index in [-0.39, 0.29) is 5.69 Å². The van der Waals surface area contributed by atoms with Gasteiger partial charge < -0.3 is 4.57 Å². The predicted molar refractivity (Wildman–Crippen MR) is 96.8 cm³/mol. The second-order valence-electron chi connectivity index (χ2n) is 6.19. The molecule has 0 saturated heterocycles. The summed E-state index contributed by atoms with van der Waals surface area (Å²) in [5, 5.41) is 4.51. The first-order valence-electron chi connectivity index (χ1n) is 8.29. The number of benzene rings is 1. The lowest BCUT2D eigenvalue weighted by molar-refractivity contribution is 0.429. The zero-order chi connectivity index (χ0) is 19.0. The van der Waals surface area contributed by atoms with Crippen LogP contribution in [-0.2, 0) is 6.54 Å². The zero-order valence-electron chi connectivity index (χ0n) is 14.4. The molecule has 0 N–H and O–H groups in total. The second-order valence-corrected chi connectivity index (χ2v) is 6.19. The van der Waals surface area contributed by atoms with Gasteiger partial charge in [0.2, 0.25) is 0 Å². The van der Waals surface area contributed by atoms with Gasteiger partial charge in [-0.05, 0) is 18.6 Å². The van der Waals surface area contributed by atoms with Gasteiger partial charge >= 0.3 is 0 Å². The maximum Gasteiger partial charge on any atom is 0.270 e. The second kappa shape index (κ2) is 6.75. The molecule has 0 spiro atoms. The van der Waals surface area contributed by atoms with Crippen LogP contribution in [0.1, 0.15) is 16.8 Å². The number of fused-ring (bicyclic) bond motifs is 1. The molecule has 4 rings (SSSR count). The normalized spacial score (nSPS) is 11.1. The molecule has 0 unspecified atom stereocenters. The maximum absolute atomic E-state index is 13.9. The van der Waals surface area contributed by atoms with Crippen LogP contribution in [0.25, 0.3) is 23.0 Å². The highest BCUT2D eigenvalue weighted by atomic mass is 19.3. The molecule has 4 aromatic rings. The van der Waals surface area contributed by atoms with Gasteiger partial charge in [0.1, 0.15) is 5.69 Å². The molecule has 0 fully saturated rings. The third kappa shape index (κ3) is 3.36. The van der Waals surface area contributed by atoms with E-state index in [1.165, 1.54) is 10.7 Å². The number of aryl methyl sites for hydroxylation is 1. The Morgan fingerprint density at radius 3 is 2.63 bits per heavy atom. The van der Waals surface area contributed by atoms with Crippen molar-refractivity contribution in [3.8, 4) is 11.3 Å². The van der Waals surface area contributed by atoms with Gasteiger partial charge in [0.05, 0.1) is 18.4 Å². The van der Waals surface area contributed by atoms with Crippen LogP contribution in [0.3, 0.4) is 0 Å². The Kier molecular flexibility index (Phi) is 4.27. The lowest BCUT2D eigenvalue weighted by Gasteiger charge is -2.05. The van der Waals surface area contributed by atoms with Crippen LogP contribution < -0.4 is 0 Å². The summed E-state index contributed by atoms with van der Waals surface area (Å²) in [6, 6.07) is 11.1. The fraction of sp³-hybridized carbons (Fsp3) is 0.100. The smallest absolute Gasteiger partial charge is 0.270 e.